The van der Waals surface area contributed by atoms with Crippen molar-refractivity contribution in [2.24, 2.45) is 0 Å². The number of aromatic carboxylic acids is 1. The fourth-order valence-electron chi connectivity index (χ4n) is 3.62. The third-order valence-corrected chi connectivity index (χ3v) is 6.36. The Hall–Kier alpha value is -2.80. The highest BCUT2D eigenvalue weighted by molar-refractivity contribution is 6.34. The first-order chi connectivity index (χ1) is 15.7. The molecule has 2 aromatic carbocycles. The molecule has 0 radical (unpaired) electrons. The average Bonchev–Trinajstić information content (AvgIpc) is 2.81. The molecule has 0 aliphatic heterocycles. The molecular formula is C25H26Cl2N2O4. The average molecular weight is 489 g/mol. The topological polar surface area (TPSA) is 71.8 Å². The lowest BCUT2D eigenvalue weighted by Gasteiger charge is -2.27. The van der Waals surface area contributed by atoms with Crippen molar-refractivity contribution in [3.05, 3.63) is 97.4 Å². The predicted molar refractivity (Wildman–Crippen MR) is 131 cm³/mol. The second-order valence-electron chi connectivity index (χ2n) is 7.86. The van der Waals surface area contributed by atoms with Crippen molar-refractivity contribution >= 4 is 29.2 Å². The van der Waals surface area contributed by atoms with E-state index in [4.69, 9.17) is 33.0 Å². The summed E-state index contributed by atoms with van der Waals surface area (Å²) in [7, 11) is 3.60. The van der Waals surface area contributed by atoms with Gasteiger partial charge in [0.25, 0.3) is 5.56 Å². The summed E-state index contributed by atoms with van der Waals surface area (Å²) in [4.78, 5) is 26.0. The number of nitrogens with zero attached hydrogens (tertiary/aromatic N) is 2. The van der Waals surface area contributed by atoms with Crippen molar-refractivity contribution in [3.63, 3.8) is 0 Å². The zero-order chi connectivity index (χ0) is 24.1. The van der Waals surface area contributed by atoms with Crippen LogP contribution in [-0.2, 0) is 19.5 Å². The first-order valence-corrected chi connectivity index (χ1v) is 11.2. The Balaban J connectivity index is 1.84. The summed E-state index contributed by atoms with van der Waals surface area (Å²) >= 11 is 12.7. The number of hydrogen-bond donors (Lipinski definition) is 1. The lowest BCUT2D eigenvalue weighted by Crippen LogP contribution is -2.30. The summed E-state index contributed by atoms with van der Waals surface area (Å²) in [5.41, 5.74) is 2.57. The number of carboxylic acids is 1. The van der Waals surface area contributed by atoms with E-state index in [1.807, 2.05) is 31.3 Å². The maximum atomic E-state index is 12.9. The highest BCUT2D eigenvalue weighted by Crippen LogP contribution is 2.26. The Kier molecular flexibility index (Phi) is 8.19. The molecule has 1 unspecified atom stereocenters. The number of pyridine rings is 1. The first-order valence-electron chi connectivity index (χ1n) is 10.5. The maximum absolute atomic E-state index is 12.9. The zero-order valence-electron chi connectivity index (χ0n) is 18.7. The van der Waals surface area contributed by atoms with Crippen LogP contribution in [0.25, 0.3) is 0 Å². The quantitative estimate of drug-likeness (QED) is 0.442. The van der Waals surface area contributed by atoms with Gasteiger partial charge in [0.05, 0.1) is 23.4 Å². The number of carbonyl (C=O) groups is 1. The Labute approximate surface area is 202 Å². The predicted octanol–water partition coefficient (Wildman–Crippen LogP) is 5.30. The minimum absolute atomic E-state index is 0.0407. The van der Waals surface area contributed by atoms with Crippen molar-refractivity contribution < 1.29 is 14.6 Å². The molecule has 1 heterocycles. The fourth-order valence-corrected chi connectivity index (χ4v) is 4.16. The molecule has 0 bridgehead atoms. The molecule has 8 heteroatoms. The van der Waals surface area contributed by atoms with Gasteiger partial charge in [-0.25, -0.2) is 4.79 Å². The molecule has 3 rings (SSSR count). The van der Waals surface area contributed by atoms with Crippen LogP contribution < -0.4 is 10.3 Å². The van der Waals surface area contributed by atoms with Crippen LogP contribution in [0.1, 0.15) is 40.1 Å². The van der Waals surface area contributed by atoms with Gasteiger partial charge in [0.15, 0.2) is 0 Å². The summed E-state index contributed by atoms with van der Waals surface area (Å²) in [6.45, 7) is 2.87. The van der Waals surface area contributed by atoms with Crippen molar-refractivity contribution in [2.75, 3.05) is 14.2 Å². The molecule has 0 aliphatic carbocycles. The standard InChI is InChI=1S/C25H26Cl2N2O4/c1-16(19-5-4-6-20(13-19)33-3)28(2)15-23-21(26)14-22(27)24(30)29(23)12-11-17-7-9-18(10-8-17)25(31)32/h4-10,13-14,16H,11-12,15H2,1-3H3,(H,31,32). The monoisotopic (exact) mass is 488 g/mol. The molecule has 0 saturated carbocycles. The van der Waals surface area contributed by atoms with Crippen molar-refractivity contribution in [1.82, 2.24) is 9.47 Å². The lowest BCUT2D eigenvalue weighted by molar-refractivity contribution is 0.0697. The lowest BCUT2D eigenvalue weighted by atomic mass is 10.1. The van der Waals surface area contributed by atoms with Crippen LogP contribution in [0.2, 0.25) is 10.0 Å². The molecule has 0 aliphatic rings. The number of benzene rings is 2. The van der Waals surface area contributed by atoms with Crippen LogP contribution in [0.3, 0.4) is 0 Å². The maximum Gasteiger partial charge on any atom is 0.335 e. The number of ether oxygens (including phenoxy) is 1. The number of methoxy groups -OCH3 is 1. The number of aromatic nitrogens is 1. The van der Waals surface area contributed by atoms with Crippen molar-refractivity contribution in [2.45, 2.75) is 32.5 Å². The van der Waals surface area contributed by atoms with Gasteiger partial charge < -0.3 is 14.4 Å². The van der Waals surface area contributed by atoms with Gasteiger partial charge in [0.2, 0.25) is 0 Å². The minimum atomic E-state index is -0.977. The van der Waals surface area contributed by atoms with Gasteiger partial charge >= 0.3 is 5.97 Å². The van der Waals surface area contributed by atoms with E-state index in [2.05, 4.69) is 11.8 Å². The third-order valence-electron chi connectivity index (χ3n) is 5.77. The van der Waals surface area contributed by atoms with Gasteiger partial charge in [-0.05, 0) is 61.9 Å². The second-order valence-corrected chi connectivity index (χ2v) is 8.68. The van der Waals surface area contributed by atoms with Gasteiger partial charge in [-0.1, -0.05) is 47.5 Å². The van der Waals surface area contributed by atoms with Crippen LogP contribution >= 0.6 is 23.2 Å². The second kappa shape index (κ2) is 10.9. The molecule has 0 spiro atoms. The molecule has 1 atom stereocenters. The molecule has 0 saturated heterocycles. The highest BCUT2D eigenvalue weighted by atomic mass is 35.5. The van der Waals surface area contributed by atoms with E-state index in [1.54, 1.807) is 35.9 Å². The first kappa shape index (κ1) is 24.8. The number of hydrogen-bond acceptors (Lipinski definition) is 4. The molecule has 174 valence electrons. The van der Waals surface area contributed by atoms with E-state index in [-0.39, 0.29) is 22.2 Å². The molecular weight excluding hydrogens is 463 g/mol. The molecule has 0 fully saturated rings. The van der Waals surface area contributed by atoms with E-state index < -0.39 is 5.97 Å². The van der Waals surface area contributed by atoms with E-state index in [0.717, 1.165) is 16.9 Å². The Morgan fingerprint density at radius 2 is 1.82 bits per heavy atom. The summed E-state index contributed by atoms with van der Waals surface area (Å²) in [5.74, 6) is -0.196. The van der Waals surface area contributed by atoms with E-state index >= 15 is 0 Å². The summed E-state index contributed by atoms with van der Waals surface area (Å²) in [6.07, 6.45) is 0.526. The summed E-state index contributed by atoms with van der Waals surface area (Å²) < 4.78 is 6.93. The van der Waals surface area contributed by atoms with Crippen LogP contribution in [0.15, 0.2) is 59.4 Å². The normalized spacial score (nSPS) is 12.1. The zero-order valence-corrected chi connectivity index (χ0v) is 20.2. The molecule has 0 amide bonds. The Bertz CT molecular complexity index is 1190. The number of carboxylic acid groups (broad SMARTS) is 1. The third kappa shape index (κ3) is 5.96. The van der Waals surface area contributed by atoms with Crippen molar-refractivity contribution in [1.29, 1.82) is 0 Å². The smallest absolute Gasteiger partial charge is 0.335 e. The van der Waals surface area contributed by atoms with E-state index in [9.17, 15) is 9.59 Å². The molecule has 33 heavy (non-hydrogen) atoms. The number of rotatable bonds is 9. The number of aryl methyl sites for hydroxylation is 1. The fraction of sp³-hybridized carbons (Fsp3) is 0.280. The van der Waals surface area contributed by atoms with Crippen molar-refractivity contribution in [3.8, 4) is 5.75 Å². The van der Waals surface area contributed by atoms with Crippen LogP contribution in [0, 0.1) is 0 Å². The summed E-state index contributed by atoms with van der Waals surface area (Å²) in [5, 5.41) is 9.56. The highest BCUT2D eigenvalue weighted by Gasteiger charge is 2.19. The molecule has 1 N–H and O–H groups in total. The van der Waals surface area contributed by atoms with E-state index in [0.29, 0.717) is 30.2 Å². The number of halogens is 2. The van der Waals surface area contributed by atoms with Gasteiger partial charge in [-0.3, -0.25) is 9.69 Å². The van der Waals surface area contributed by atoms with Gasteiger partial charge in [-0.15, -0.1) is 0 Å². The van der Waals surface area contributed by atoms with Crippen LogP contribution in [0.5, 0.6) is 5.75 Å². The summed E-state index contributed by atoms with van der Waals surface area (Å²) in [6, 6.07) is 16.0. The van der Waals surface area contributed by atoms with Crippen LogP contribution in [-0.4, -0.2) is 34.7 Å². The van der Waals surface area contributed by atoms with Gasteiger partial charge in [0.1, 0.15) is 10.8 Å². The minimum Gasteiger partial charge on any atom is -0.497 e. The van der Waals surface area contributed by atoms with E-state index in [1.165, 1.54) is 6.07 Å². The van der Waals surface area contributed by atoms with Gasteiger partial charge in [-0.2, -0.15) is 0 Å². The molecule has 1 aromatic heterocycles. The SMILES string of the molecule is COc1cccc(C(C)N(C)Cc2c(Cl)cc(Cl)c(=O)n2CCc2ccc(C(=O)O)cc2)c1. The molecule has 6 nitrogen and oxygen atoms in total. The Morgan fingerprint density at radius 1 is 1.12 bits per heavy atom. The Morgan fingerprint density at radius 3 is 2.45 bits per heavy atom. The largest absolute Gasteiger partial charge is 0.497 e. The van der Waals surface area contributed by atoms with Gasteiger partial charge in [0, 0.05) is 19.1 Å². The van der Waals surface area contributed by atoms with Crippen LogP contribution in [0.4, 0.5) is 0 Å². The molecule has 3 aromatic rings.